The minimum atomic E-state index is -0.214. The number of benzene rings is 1. The molecular formula is C24H25ClN8OS. The molecule has 2 aliphatic rings. The first-order valence-electron chi connectivity index (χ1n) is 11.2. The molecule has 35 heavy (non-hydrogen) atoms. The Morgan fingerprint density at radius 1 is 1.14 bits per heavy atom. The zero-order chi connectivity index (χ0) is 24.7. The third kappa shape index (κ3) is 3.85. The van der Waals surface area contributed by atoms with Crippen molar-refractivity contribution < 1.29 is 4.74 Å². The van der Waals surface area contributed by atoms with E-state index >= 15 is 0 Å². The summed E-state index contributed by atoms with van der Waals surface area (Å²) in [5.41, 5.74) is 21.1. The zero-order valence-corrected chi connectivity index (χ0v) is 20.7. The normalized spacial score (nSPS) is 20.6. The molecule has 11 heteroatoms. The summed E-state index contributed by atoms with van der Waals surface area (Å²) in [5.74, 6) is 0.905. The van der Waals surface area contributed by atoms with Gasteiger partial charge in [0.2, 0.25) is 0 Å². The SMILES string of the molecule is COC1c2ccccc2[C@H](N)C12CCN(c1nc(N)c(Sc3ccnc(N)c3Cl)nc1C#N)CC2. The predicted molar refractivity (Wildman–Crippen MR) is 136 cm³/mol. The fourth-order valence-corrected chi connectivity index (χ4v) is 6.35. The Labute approximate surface area is 212 Å². The first-order valence-corrected chi connectivity index (χ1v) is 12.4. The second-order valence-corrected chi connectivity index (χ2v) is 10.2. The van der Waals surface area contributed by atoms with E-state index in [0.717, 1.165) is 24.0 Å². The molecular weight excluding hydrogens is 484 g/mol. The Morgan fingerprint density at radius 2 is 1.86 bits per heavy atom. The van der Waals surface area contributed by atoms with Gasteiger partial charge in [-0.15, -0.1) is 0 Å². The van der Waals surface area contributed by atoms with Crippen LogP contribution in [0.5, 0.6) is 0 Å². The van der Waals surface area contributed by atoms with Crippen LogP contribution in [-0.2, 0) is 4.74 Å². The van der Waals surface area contributed by atoms with E-state index in [1.165, 1.54) is 11.8 Å². The smallest absolute Gasteiger partial charge is 0.184 e. The highest BCUT2D eigenvalue weighted by molar-refractivity contribution is 7.99. The number of rotatable bonds is 4. The zero-order valence-electron chi connectivity index (χ0n) is 19.1. The number of nitriles is 1. The Bertz CT molecular complexity index is 1320. The van der Waals surface area contributed by atoms with Gasteiger partial charge in [-0.05, 0) is 30.0 Å². The summed E-state index contributed by atoms with van der Waals surface area (Å²) >= 11 is 7.46. The molecule has 3 heterocycles. The van der Waals surface area contributed by atoms with Crippen molar-refractivity contribution in [2.75, 3.05) is 36.6 Å². The molecule has 1 saturated heterocycles. The van der Waals surface area contributed by atoms with Crippen molar-refractivity contribution in [2.24, 2.45) is 11.1 Å². The molecule has 5 rings (SSSR count). The molecule has 1 fully saturated rings. The summed E-state index contributed by atoms with van der Waals surface area (Å²) in [6, 6.07) is 12.0. The highest BCUT2D eigenvalue weighted by Crippen LogP contribution is 2.58. The molecule has 0 saturated carbocycles. The second-order valence-electron chi connectivity index (χ2n) is 8.75. The Balaban J connectivity index is 1.40. The van der Waals surface area contributed by atoms with Crippen molar-refractivity contribution in [3.63, 3.8) is 0 Å². The Kier molecular flexibility index (Phi) is 6.19. The first kappa shape index (κ1) is 23.6. The number of hydrogen-bond acceptors (Lipinski definition) is 10. The molecule has 180 valence electrons. The average molecular weight is 509 g/mol. The number of nitrogens with two attached hydrogens (primary N) is 3. The number of fused-ring (bicyclic) bond motifs is 1. The molecule has 0 bridgehead atoms. The van der Waals surface area contributed by atoms with Crippen LogP contribution in [0.1, 0.15) is 41.8 Å². The lowest BCUT2D eigenvalue weighted by molar-refractivity contribution is -0.0307. The summed E-state index contributed by atoms with van der Waals surface area (Å²) < 4.78 is 5.97. The van der Waals surface area contributed by atoms with Crippen molar-refractivity contribution in [3.05, 3.63) is 58.4 Å². The van der Waals surface area contributed by atoms with Crippen molar-refractivity contribution >= 4 is 40.8 Å². The second kappa shape index (κ2) is 9.17. The number of hydrogen-bond donors (Lipinski definition) is 3. The number of aromatic nitrogens is 3. The third-order valence-electron chi connectivity index (χ3n) is 7.05. The summed E-state index contributed by atoms with van der Waals surface area (Å²) in [4.78, 5) is 15.7. The lowest BCUT2D eigenvalue weighted by Crippen LogP contribution is -2.46. The first-order chi connectivity index (χ1) is 16.9. The highest BCUT2D eigenvalue weighted by atomic mass is 35.5. The lowest BCUT2D eigenvalue weighted by atomic mass is 9.71. The van der Waals surface area contributed by atoms with Crippen LogP contribution in [0.15, 0.2) is 46.5 Å². The maximum absolute atomic E-state index is 9.85. The summed E-state index contributed by atoms with van der Waals surface area (Å²) in [5, 5.41) is 10.5. The van der Waals surface area contributed by atoms with Crippen molar-refractivity contribution in [1.82, 2.24) is 15.0 Å². The molecule has 1 aromatic carbocycles. The number of ether oxygens (including phenoxy) is 1. The van der Waals surface area contributed by atoms with E-state index in [1.54, 1.807) is 19.4 Å². The largest absolute Gasteiger partial charge is 0.382 e. The van der Waals surface area contributed by atoms with Crippen LogP contribution in [0, 0.1) is 16.7 Å². The molecule has 3 aromatic rings. The number of halogens is 1. The van der Waals surface area contributed by atoms with Gasteiger partial charge in [0, 0.05) is 42.7 Å². The van der Waals surface area contributed by atoms with Crippen LogP contribution in [0.2, 0.25) is 5.02 Å². The van der Waals surface area contributed by atoms with Gasteiger partial charge in [0.25, 0.3) is 0 Å². The van der Waals surface area contributed by atoms with E-state index < -0.39 is 0 Å². The van der Waals surface area contributed by atoms with E-state index in [-0.39, 0.29) is 34.9 Å². The van der Waals surface area contributed by atoms with E-state index in [1.807, 2.05) is 12.1 Å². The number of nitrogen functional groups attached to an aromatic ring is 2. The quantitative estimate of drug-likeness (QED) is 0.475. The van der Waals surface area contributed by atoms with Gasteiger partial charge in [0.05, 0.1) is 11.1 Å². The minimum Gasteiger partial charge on any atom is -0.382 e. The van der Waals surface area contributed by atoms with Gasteiger partial charge in [-0.3, -0.25) is 0 Å². The van der Waals surface area contributed by atoms with Crippen molar-refractivity contribution in [1.29, 1.82) is 5.26 Å². The number of anilines is 3. The number of pyridine rings is 1. The standard InChI is InChI=1S/C24H25ClN8OS/c1-34-19-14-5-3-2-4-13(14)18(27)24(19)7-10-33(11-8-24)22-15(12-26)31-23(21(29)32-22)35-16-6-9-30-20(28)17(16)25/h2-6,9,18-19H,7-8,10-11,27H2,1H3,(H2,28,30)(H2,29,32)/t18-,19?/m0/s1. The van der Waals surface area contributed by atoms with Gasteiger partial charge in [-0.2, -0.15) is 5.26 Å². The van der Waals surface area contributed by atoms with Crippen LogP contribution in [0.25, 0.3) is 0 Å². The molecule has 2 atom stereocenters. The number of nitrogens with zero attached hydrogens (tertiary/aromatic N) is 5. The van der Waals surface area contributed by atoms with Gasteiger partial charge in [0.15, 0.2) is 17.3 Å². The predicted octanol–water partition coefficient (Wildman–Crippen LogP) is 3.70. The summed E-state index contributed by atoms with van der Waals surface area (Å²) in [6.45, 7) is 1.31. The maximum Gasteiger partial charge on any atom is 0.184 e. The summed E-state index contributed by atoms with van der Waals surface area (Å²) in [7, 11) is 1.74. The van der Waals surface area contributed by atoms with Crippen LogP contribution < -0.4 is 22.1 Å². The van der Waals surface area contributed by atoms with Gasteiger partial charge >= 0.3 is 0 Å². The monoisotopic (exact) mass is 508 g/mol. The van der Waals surface area contributed by atoms with Gasteiger partial charge in [0.1, 0.15) is 16.9 Å². The highest BCUT2D eigenvalue weighted by Gasteiger charge is 2.53. The molecule has 6 N–H and O–H groups in total. The van der Waals surface area contributed by atoms with Gasteiger partial charge in [-0.1, -0.05) is 47.6 Å². The van der Waals surface area contributed by atoms with Crippen LogP contribution in [-0.4, -0.2) is 35.2 Å². The van der Waals surface area contributed by atoms with Gasteiger partial charge in [-0.25, -0.2) is 15.0 Å². The third-order valence-corrected chi connectivity index (χ3v) is 8.61. The Hall–Kier alpha value is -3.10. The van der Waals surface area contributed by atoms with E-state index in [0.29, 0.717) is 33.9 Å². The molecule has 9 nitrogen and oxygen atoms in total. The molecule has 1 spiro atoms. The van der Waals surface area contributed by atoms with Crippen molar-refractivity contribution in [2.45, 2.75) is 34.9 Å². The minimum absolute atomic E-state index is 0.0706. The fourth-order valence-electron chi connectivity index (χ4n) is 5.30. The number of methoxy groups -OCH3 is 1. The topological polar surface area (TPSA) is 153 Å². The molecule has 0 amide bonds. The van der Waals surface area contributed by atoms with E-state index in [9.17, 15) is 5.26 Å². The molecule has 1 aliphatic carbocycles. The summed E-state index contributed by atoms with van der Waals surface area (Å²) in [6.07, 6.45) is 3.06. The van der Waals surface area contributed by atoms with Crippen LogP contribution in [0.4, 0.5) is 17.5 Å². The maximum atomic E-state index is 9.85. The van der Waals surface area contributed by atoms with Crippen LogP contribution in [0.3, 0.4) is 0 Å². The van der Waals surface area contributed by atoms with E-state index in [2.05, 4.69) is 38.1 Å². The lowest BCUT2D eigenvalue weighted by Gasteiger charge is -2.45. The van der Waals surface area contributed by atoms with Crippen molar-refractivity contribution in [3.8, 4) is 6.07 Å². The fraction of sp³-hybridized carbons (Fsp3) is 0.333. The molecule has 1 aliphatic heterocycles. The Morgan fingerprint density at radius 3 is 2.54 bits per heavy atom. The van der Waals surface area contributed by atoms with E-state index in [4.69, 9.17) is 33.5 Å². The number of piperidine rings is 1. The van der Waals surface area contributed by atoms with Crippen LogP contribution >= 0.6 is 23.4 Å². The molecule has 0 radical (unpaired) electrons. The molecule has 1 unspecified atom stereocenters. The average Bonchev–Trinajstić information content (AvgIpc) is 3.10. The molecule has 2 aromatic heterocycles. The van der Waals surface area contributed by atoms with Gasteiger partial charge < -0.3 is 26.8 Å².